The minimum atomic E-state index is -4.92. The number of aryl methyl sites for hydroxylation is 1. The summed E-state index contributed by atoms with van der Waals surface area (Å²) in [5.41, 5.74) is -1.35. The van der Waals surface area contributed by atoms with Gasteiger partial charge in [0.05, 0.1) is 16.0 Å². The van der Waals surface area contributed by atoms with Crippen LogP contribution in [-0.4, -0.2) is 33.0 Å². The molecule has 0 unspecified atom stereocenters. The predicted molar refractivity (Wildman–Crippen MR) is 140 cm³/mol. The van der Waals surface area contributed by atoms with Crippen LogP contribution in [0.5, 0.6) is 0 Å². The molecule has 4 rings (SSSR count). The summed E-state index contributed by atoms with van der Waals surface area (Å²) in [5.74, 6) is 0. The molecule has 0 fully saturated rings. The molecule has 40 heavy (non-hydrogen) atoms. The smallest absolute Gasteiger partial charge is 0.315 e. The molecule has 2 N–H and O–H groups in total. The summed E-state index contributed by atoms with van der Waals surface area (Å²) in [6.07, 6.45) is -6.59. The maximum absolute atomic E-state index is 13.3. The van der Waals surface area contributed by atoms with Crippen LogP contribution in [0.1, 0.15) is 23.1 Å². The van der Waals surface area contributed by atoms with Crippen molar-refractivity contribution in [1.29, 1.82) is 0 Å². The zero-order valence-corrected chi connectivity index (χ0v) is 21.8. The fourth-order valence-corrected chi connectivity index (χ4v) is 5.59. The van der Waals surface area contributed by atoms with Gasteiger partial charge in [-0.25, -0.2) is 13.1 Å². The number of benzene rings is 3. The minimum absolute atomic E-state index is 0.0125. The van der Waals surface area contributed by atoms with Gasteiger partial charge in [-0.2, -0.15) is 26.3 Å². The van der Waals surface area contributed by atoms with Crippen LogP contribution in [0.15, 0.2) is 84.0 Å². The average Bonchev–Trinajstić information content (AvgIpc) is 2.91. The first-order chi connectivity index (χ1) is 18.9. The lowest BCUT2D eigenvalue weighted by molar-refractivity contribution is -0.143. The van der Waals surface area contributed by atoms with Crippen molar-refractivity contribution in [3.05, 3.63) is 95.8 Å². The van der Waals surface area contributed by atoms with Gasteiger partial charge in [0.2, 0.25) is 10.0 Å². The molecule has 0 saturated heterocycles. The Morgan fingerprint density at radius 1 is 0.775 bits per heavy atom. The molecule has 0 spiro atoms. The highest BCUT2D eigenvalue weighted by Gasteiger charge is 2.37. The number of hydrogen-bond acceptors (Lipinski definition) is 4. The second-order valence-corrected chi connectivity index (χ2v) is 10.8. The van der Waals surface area contributed by atoms with Crippen molar-refractivity contribution >= 4 is 20.8 Å². The highest BCUT2D eigenvalue weighted by Crippen LogP contribution is 2.37. The monoisotopic (exact) mass is 581 g/mol. The van der Waals surface area contributed by atoms with Crippen molar-refractivity contribution in [2.75, 3.05) is 19.6 Å². The summed E-state index contributed by atoms with van der Waals surface area (Å²) in [6, 6.07) is 16.0. The van der Waals surface area contributed by atoms with E-state index in [0.717, 1.165) is 11.6 Å². The summed E-state index contributed by atoms with van der Waals surface area (Å²) in [5, 5.41) is 4.11. The van der Waals surface area contributed by atoms with Crippen LogP contribution in [0.2, 0.25) is 0 Å². The zero-order chi connectivity index (χ0) is 29.0. The van der Waals surface area contributed by atoms with Crippen molar-refractivity contribution in [2.45, 2.75) is 30.1 Å². The zero-order valence-electron chi connectivity index (χ0n) is 21.0. The molecule has 0 aliphatic heterocycles. The van der Waals surface area contributed by atoms with Gasteiger partial charge >= 0.3 is 12.4 Å². The normalized spacial score (nSPS) is 12.7. The molecule has 0 aliphatic rings. The molecule has 1 heterocycles. The predicted octanol–water partition coefficient (Wildman–Crippen LogP) is 6.44. The molecule has 5 nitrogen and oxygen atoms in total. The quantitative estimate of drug-likeness (QED) is 0.167. The third-order valence-corrected chi connectivity index (χ3v) is 7.75. The van der Waals surface area contributed by atoms with Crippen LogP contribution >= 0.6 is 0 Å². The third kappa shape index (κ3) is 7.18. The molecule has 0 radical (unpaired) electrons. The maximum Gasteiger partial charge on any atom is 0.416 e. The van der Waals surface area contributed by atoms with Gasteiger partial charge in [0.15, 0.2) is 0 Å². The fraction of sp³-hybridized carbons (Fsp3) is 0.250. The second-order valence-electron chi connectivity index (χ2n) is 9.06. The molecular weight excluding hydrogens is 556 g/mol. The van der Waals surface area contributed by atoms with Crippen molar-refractivity contribution in [3.63, 3.8) is 0 Å². The number of aromatic nitrogens is 1. The highest BCUT2D eigenvalue weighted by molar-refractivity contribution is 7.89. The summed E-state index contributed by atoms with van der Waals surface area (Å²) >= 11 is 0. The lowest BCUT2D eigenvalue weighted by Gasteiger charge is -2.16. The number of fused-ring (bicyclic) bond motifs is 1. The first kappa shape index (κ1) is 29.5. The number of alkyl halides is 6. The number of rotatable bonds is 10. The second kappa shape index (κ2) is 11.9. The molecule has 12 heteroatoms. The van der Waals surface area contributed by atoms with E-state index in [1.165, 1.54) is 6.20 Å². The standard InChI is InChI=1S/C28H25F6N3O2S/c29-27(30,31)23-9-8-20(25(17-23)28(32,33)34)7-4-11-35-13-14-37-40(38,39)26-16-21(19-5-2-1-3-6-19)15-22-18-36-12-10-24(22)26/h1-3,5-6,8-10,12,15-18,35,37H,4,7,11,13-14H2. The minimum Gasteiger partial charge on any atom is -0.315 e. The SMILES string of the molecule is O=S(=O)(NCCNCCCc1ccc(C(F)(F)F)cc1C(F)(F)F)c1cc(-c2ccccc2)cc2cnccc12. The van der Waals surface area contributed by atoms with Gasteiger partial charge in [0, 0.05) is 36.3 Å². The average molecular weight is 582 g/mol. The van der Waals surface area contributed by atoms with Crippen molar-refractivity contribution in [3.8, 4) is 11.1 Å². The Hall–Kier alpha value is -3.48. The molecule has 0 aliphatic carbocycles. The fourth-order valence-electron chi connectivity index (χ4n) is 4.31. The van der Waals surface area contributed by atoms with Gasteiger partial charge in [-0.3, -0.25) is 4.98 Å². The van der Waals surface area contributed by atoms with E-state index in [2.05, 4.69) is 15.0 Å². The lowest BCUT2D eigenvalue weighted by atomic mass is 9.99. The van der Waals surface area contributed by atoms with Crippen molar-refractivity contribution in [2.24, 2.45) is 0 Å². The molecule has 4 aromatic rings. The summed E-state index contributed by atoms with van der Waals surface area (Å²) in [6.45, 7) is 0.437. The van der Waals surface area contributed by atoms with E-state index in [-0.39, 0.29) is 49.0 Å². The van der Waals surface area contributed by atoms with Crippen LogP contribution in [0.4, 0.5) is 26.3 Å². The molecule has 1 aromatic heterocycles. The van der Waals surface area contributed by atoms with E-state index in [9.17, 15) is 34.8 Å². The van der Waals surface area contributed by atoms with E-state index in [0.29, 0.717) is 22.4 Å². The van der Waals surface area contributed by atoms with Gasteiger partial charge in [-0.05, 0) is 66.4 Å². The van der Waals surface area contributed by atoms with Crippen molar-refractivity contribution < 1.29 is 34.8 Å². The molecule has 0 amide bonds. The Morgan fingerprint density at radius 2 is 1.52 bits per heavy atom. The van der Waals surface area contributed by atoms with Crippen LogP contribution in [0, 0.1) is 0 Å². The Bertz CT molecular complexity index is 1570. The Labute approximate surface area is 227 Å². The molecule has 0 saturated carbocycles. The number of nitrogens with one attached hydrogen (secondary N) is 2. The van der Waals surface area contributed by atoms with Crippen molar-refractivity contribution in [1.82, 2.24) is 15.0 Å². The van der Waals surface area contributed by atoms with Crippen LogP contribution in [0.25, 0.3) is 21.9 Å². The number of halogens is 6. The van der Waals surface area contributed by atoms with E-state index in [1.54, 1.807) is 18.3 Å². The van der Waals surface area contributed by atoms with Gasteiger partial charge in [0.1, 0.15) is 0 Å². The Morgan fingerprint density at radius 3 is 2.23 bits per heavy atom. The molecular formula is C28H25F6N3O2S. The maximum atomic E-state index is 13.3. The van der Waals surface area contributed by atoms with Gasteiger partial charge in [-0.15, -0.1) is 0 Å². The topological polar surface area (TPSA) is 71.1 Å². The molecule has 0 bridgehead atoms. The van der Waals surface area contributed by atoms with Crippen LogP contribution in [-0.2, 0) is 28.8 Å². The van der Waals surface area contributed by atoms with E-state index >= 15 is 0 Å². The first-order valence-corrected chi connectivity index (χ1v) is 13.8. The first-order valence-electron chi connectivity index (χ1n) is 12.3. The molecule has 0 atom stereocenters. The molecule has 3 aromatic carbocycles. The summed E-state index contributed by atoms with van der Waals surface area (Å²) < 4.78 is 107. The Kier molecular flexibility index (Phi) is 8.81. The molecule has 212 valence electrons. The lowest BCUT2D eigenvalue weighted by Crippen LogP contribution is -2.32. The largest absolute Gasteiger partial charge is 0.416 e. The number of nitrogens with zero attached hydrogens (tertiary/aromatic N) is 1. The Balaban J connectivity index is 1.35. The van der Waals surface area contributed by atoms with E-state index in [1.807, 2.05) is 36.4 Å². The van der Waals surface area contributed by atoms with E-state index in [4.69, 9.17) is 0 Å². The van der Waals surface area contributed by atoms with Gasteiger partial charge < -0.3 is 5.32 Å². The van der Waals surface area contributed by atoms with E-state index < -0.39 is 33.5 Å². The number of sulfonamides is 1. The summed E-state index contributed by atoms with van der Waals surface area (Å²) in [7, 11) is -3.93. The van der Waals surface area contributed by atoms with Gasteiger partial charge in [0.25, 0.3) is 0 Å². The van der Waals surface area contributed by atoms with Crippen LogP contribution in [0.3, 0.4) is 0 Å². The number of pyridine rings is 1. The highest BCUT2D eigenvalue weighted by atomic mass is 32.2. The number of hydrogen-bond donors (Lipinski definition) is 2. The third-order valence-electron chi connectivity index (χ3n) is 6.25. The summed E-state index contributed by atoms with van der Waals surface area (Å²) in [4.78, 5) is 4.18. The van der Waals surface area contributed by atoms with Gasteiger partial charge in [-0.1, -0.05) is 36.4 Å². The van der Waals surface area contributed by atoms with Crippen LogP contribution < -0.4 is 10.0 Å².